The molecule has 23 heteroatoms. The van der Waals surface area contributed by atoms with Crippen LogP contribution in [0.1, 0.15) is 73.4 Å². The normalized spacial score (nSPS) is 28.4. The van der Waals surface area contributed by atoms with Crippen molar-refractivity contribution in [3.05, 3.63) is 110 Å². The van der Waals surface area contributed by atoms with Crippen molar-refractivity contribution in [2.75, 3.05) is 40.5 Å². The monoisotopic (exact) mass is 1000 g/mol. The number of guanidine groups is 1. The van der Waals surface area contributed by atoms with Crippen LogP contribution >= 0.6 is 0 Å². The molecule has 1 fully saturated rings. The molecule has 0 radical (unpaired) electrons. The van der Waals surface area contributed by atoms with Crippen molar-refractivity contribution in [2.45, 2.75) is 81.3 Å². The number of phenols is 1. The first-order chi connectivity index (χ1) is 34.3. The molecule has 0 bridgehead atoms. The highest BCUT2D eigenvalue weighted by Gasteiger charge is 2.65. The van der Waals surface area contributed by atoms with Crippen LogP contribution in [0, 0.1) is 17.8 Å². The lowest BCUT2D eigenvalue weighted by molar-refractivity contribution is -0.420. The lowest BCUT2D eigenvalue weighted by Gasteiger charge is -2.53. The molecule has 1 unspecified atom stereocenters. The van der Waals surface area contributed by atoms with Gasteiger partial charge in [0.1, 0.15) is 41.7 Å². The van der Waals surface area contributed by atoms with Crippen molar-refractivity contribution in [1.29, 1.82) is 0 Å². The molecule has 23 nitrogen and oxygen atoms in total. The SMILES string of the molecule is CN=C(N)NCc1c(O)c2c(c3c1C[C@@H](C1=CNC(N)C=C1)[C@H](CCO)CC3)C(=O)c1c(CO)c(OC)cc(O[C@@H]3O[C@](O)(CO)[C@](O)(C[C@H](CN4C(=O)C=CC4=O)C4=CCNC(N)=C4)[C@H](O)[C@H]3O)c1C2=O. The number of nitrogens with one attached hydrogen (secondary N) is 3. The summed E-state index contributed by atoms with van der Waals surface area (Å²) in [5.41, 5.74) is 15.9. The van der Waals surface area contributed by atoms with Gasteiger partial charge >= 0.3 is 0 Å². The number of benzene rings is 2. The molecule has 1 saturated heterocycles. The third-order valence-electron chi connectivity index (χ3n) is 14.6. The highest BCUT2D eigenvalue weighted by molar-refractivity contribution is 6.31. The number of ketones is 2. The van der Waals surface area contributed by atoms with Gasteiger partial charge in [0.05, 0.1) is 36.8 Å². The number of dihydropyridines is 2. The van der Waals surface area contributed by atoms with Crippen molar-refractivity contribution in [3.63, 3.8) is 0 Å². The van der Waals surface area contributed by atoms with Gasteiger partial charge in [-0.3, -0.25) is 29.1 Å². The average Bonchev–Trinajstić information content (AvgIpc) is 3.56. The molecule has 4 heterocycles. The number of rotatable bonds is 15. The van der Waals surface area contributed by atoms with Crippen LogP contribution in [0.3, 0.4) is 0 Å². The smallest absolute Gasteiger partial charge is 0.253 e. The Labute approximate surface area is 412 Å². The first-order valence-electron chi connectivity index (χ1n) is 23.4. The Morgan fingerprint density at radius 2 is 1.74 bits per heavy atom. The number of aliphatic hydroxyl groups is 7. The van der Waals surface area contributed by atoms with Gasteiger partial charge in [-0.15, -0.1) is 0 Å². The number of hydrogen-bond donors (Lipinski definition) is 14. The minimum Gasteiger partial charge on any atom is -0.507 e. The zero-order valence-corrected chi connectivity index (χ0v) is 39.5. The third kappa shape index (κ3) is 9.00. The van der Waals surface area contributed by atoms with Crippen molar-refractivity contribution in [3.8, 4) is 17.2 Å². The molecule has 386 valence electrons. The molecule has 9 atom stereocenters. The number of aromatic hydroxyl groups is 1. The summed E-state index contributed by atoms with van der Waals surface area (Å²) in [7, 11) is 2.66. The number of ether oxygens (including phenoxy) is 3. The maximum atomic E-state index is 15.4. The predicted octanol–water partition coefficient (Wildman–Crippen LogP) is -2.74. The molecule has 0 aromatic heterocycles. The van der Waals surface area contributed by atoms with Gasteiger partial charge in [-0.25, -0.2) is 0 Å². The molecular formula is C49H60N8O15. The van der Waals surface area contributed by atoms with Gasteiger partial charge in [0.15, 0.2) is 11.7 Å². The number of allylic oxidation sites excluding steroid dienone is 3. The summed E-state index contributed by atoms with van der Waals surface area (Å²) >= 11 is 0. The number of fused-ring (bicyclic) bond motifs is 4. The summed E-state index contributed by atoms with van der Waals surface area (Å²) in [6.07, 6.45) is 3.63. The Morgan fingerprint density at radius 1 is 1.01 bits per heavy atom. The number of carbonyl (C=O) groups excluding carboxylic acids is 4. The summed E-state index contributed by atoms with van der Waals surface area (Å²) in [6, 6.07) is 1.09. The van der Waals surface area contributed by atoms with Gasteiger partial charge in [-0.05, 0) is 78.4 Å². The van der Waals surface area contributed by atoms with Crippen molar-refractivity contribution >= 4 is 29.3 Å². The number of hydrogen-bond acceptors (Lipinski definition) is 20. The molecule has 2 aliphatic carbocycles. The highest BCUT2D eigenvalue weighted by Crippen LogP contribution is 2.50. The highest BCUT2D eigenvalue weighted by atomic mass is 16.8. The second-order valence-electron chi connectivity index (χ2n) is 18.5. The Balaban J connectivity index is 1.21. The molecule has 8 rings (SSSR count). The number of carbonyl (C=O) groups is 4. The minimum absolute atomic E-state index is 0.000847. The van der Waals surface area contributed by atoms with E-state index in [-0.39, 0.29) is 78.6 Å². The largest absolute Gasteiger partial charge is 0.507 e. The molecule has 17 N–H and O–H groups in total. The molecule has 72 heavy (non-hydrogen) atoms. The van der Waals surface area contributed by atoms with E-state index in [1.807, 2.05) is 6.08 Å². The summed E-state index contributed by atoms with van der Waals surface area (Å²) in [4.78, 5) is 60.9. The first-order valence-corrected chi connectivity index (χ1v) is 23.4. The number of phenolic OH excluding ortho intramolecular Hbond substituents is 1. The number of aliphatic imine (C=N–C) groups is 1. The van der Waals surface area contributed by atoms with Crippen molar-refractivity contribution < 1.29 is 74.2 Å². The molecule has 2 aromatic carbocycles. The van der Waals surface area contributed by atoms with Crippen LogP contribution < -0.4 is 42.6 Å². The third-order valence-corrected chi connectivity index (χ3v) is 14.6. The number of nitrogens with two attached hydrogens (primary N) is 3. The maximum Gasteiger partial charge on any atom is 0.253 e. The van der Waals surface area contributed by atoms with E-state index in [0.717, 1.165) is 28.7 Å². The molecule has 4 aliphatic heterocycles. The van der Waals surface area contributed by atoms with E-state index in [4.69, 9.17) is 31.4 Å². The van der Waals surface area contributed by atoms with Crippen LogP contribution in [0.25, 0.3) is 0 Å². The number of amides is 2. The van der Waals surface area contributed by atoms with Crippen LogP contribution in [0.5, 0.6) is 17.2 Å². The Kier molecular flexibility index (Phi) is 14.7. The quantitative estimate of drug-likeness (QED) is 0.0318. The van der Waals surface area contributed by atoms with Gasteiger partial charge in [0.2, 0.25) is 17.9 Å². The lowest BCUT2D eigenvalue weighted by Crippen LogP contribution is -2.75. The number of imide groups is 1. The van der Waals surface area contributed by atoms with Gasteiger partial charge in [0, 0.05) is 85.9 Å². The molecule has 0 saturated carbocycles. The maximum absolute atomic E-state index is 15.4. The fourth-order valence-electron chi connectivity index (χ4n) is 10.8. The van der Waals surface area contributed by atoms with Crippen LogP contribution in [0.2, 0.25) is 0 Å². The van der Waals surface area contributed by atoms with Crippen LogP contribution in [-0.2, 0) is 40.3 Å². The summed E-state index contributed by atoms with van der Waals surface area (Å²) in [5.74, 6) is -9.06. The molecule has 0 spiro atoms. The number of aliphatic hydroxyl groups excluding tert-OH is 5. The Morgan fingerprint density at radius 3 is 2.36 bits per heavy atom. The number of methoxy groups -OCH3 is 1. The first kappa shape index (κ1) is 51.7. The lowest BCUT2D eigenvalue weighted by atomic mass is 9.73. The van der Waals surface area contributed by atoms with Crippen molar-refractivity contribution in [2.24, 2.45) is 39.9 Å². The summed E-state index contributed by atoms with van der Waals surface area (Å²) in [6.45, 7) is -2.83. The van der Waals surface area contributed by atoms with E-state index in [9.17, 15) is 50.4 Å². The molecular weight excluding hydrogens is 941 g/mol. The fourth-order valence-corrected chi connectivity index (χ4v) is 10.8. The van der Waals surface area contributed by atoms with E-state index in [1.54, 1.807) is 18.4 Å². The van der Waals surface area contributed by atoms with Crippen LogP contribution in [0.15, 0.2) is 70.7 Å². The average molecular weight is 1000 g/mol. The zero-order chi connectivity index (χ0) is 52.0. The van der Waals surface area contributed by atoms with E-state index in [2.05, 4.69) is 20.9 Å². The van der Waals surface area contributed by atoms with Crippen molar-refractivity contribution in [1.82, 2.24) is 20.9 Å². The minimum atomic E-state index is -3.20. The molecule has 2 aromatic rings. The second kappa shape index (κ2) is 20.4. The van der Waals surface area contributed by atoms with Gasteiger partial charge < -0.3 is 88.2 Å². The van der Waals surface area contributed by atoms with E-state index in [1.165, 1.54) is 20.2 Å². The van der Waals surface area contributed by atoms with Gasteiger partial charge in [0.25, 0.3) is 11.8 Å². The van der Waals surface area contributed by atoms with Gasteiger partial charge in [-0.2, -0.15) is 0 Å². The van der Waals surface area contributed by atoms with Crippen LogP contribution in [0.4, 0.5) is 0 Å². The van der Waals surface area contributed by atoms with Gasteiger partial charge in [-0.1, -0.05) is 12.2 Å². The van der Waals surface area contributed by atoms with E-state index in [0.29, 0.717) is 29.5 Å². The second-order valence-corrected chi connectivity index (χ2v) is 18.5. The molecule has 6 aliphatic rings. The predicted molar refractivity (Wildman–Crippen MR) is 254 cm³/mol. The van der Waals surface area contributed by atoms with E-state index < -0.39 is 120 Å². The topological polar surface area (TPSA) is 388 Å². The molecule has 2 amide bonds. The Bertz CT molecular complexity index is 2740. The standard InChI is InChI=1S/C49H60N8O15/c1-53-47(52)56-18-29-28-14-27(24-4-6-33(50)55-17-24)22(10-12-58)3-5-26(28)37-40(41(29)63)43(65)39-32(15-31(70-2)30(20-59)38(39)42(37)64)71-46-44(66)45(67)48(68,49(69,21-60)72-46)16-25(23-9-11-54-34(51)13-23)19-57-35(61)7-8-36(57)62/h4,6-9,13,15,17,22,25,27,33,44-46,54-55,58-60,63,66-69H,3,5,10-12,14,16,18-21,50-51H2,1-2H3,(H3,52,53,56)/t22-,25+,27+,33?,44+,45+,46+,48-,49+/m0/s1. The Hall–Kier alpha value is -6.67. The summed E-state index contributed by atoms with van der Waals surface area (Å²) in [5, 5.41) is 101. The number of nitrogens with zero attached hydrogens (tertiary/aromatic N) is 2. The van der Waals surface area contributed by atoms with E-state index >= 15 is 9.59 Å². The van der Waals surface area contributed by atoms with Crippen LogP contribution in [-0.4, -0.2) is 152 Å². The summed E-state index contributed by atoms with van der Waals surface area (Å²) < 4.78 is 17.5. The zero-order valence-electron chi connectivity index (χ0n) is 39.5. The fraction of sp³-hybridized carbons (Fsp3) is 0.449.